The van der Waals surface area contributed by atoms with Crippen molar-refractivity contribution in [3.63, 3.8) is 0 Å². The molecule has 0 aliphatic heterocycles. The second-order valence-corrected chi connectivity index (χ2v) is 6.88. The number of aliphatic hydroxyl groups is 1. The van der Waals surface area contributed by atoms with E-state index >= 15 is 0 Å². The van der Waals surface area contributed by atoms with E-state index in [0.29, 0.717) is 17.4 Å². The quantitative estimate of drug-likeness (QED) is 0.365. The number of allylic oxidation sites excluding steroid dienone is 1. The van der Waals surface area contributed by atoms with Crippen molar-refractivity contribution in [2.24, 2.45) is 0 Å². The zero-order valence-electron chi connectivity index (χ0n) is 17.5. The fourth-order valence-corrected chi connectivity index (χ4v) is 3.18. The maximum Gasteiger partial charge on any atom is 0.233 e. The average molecular weight is 427 g/mol. The van der Waals surface area contributed by atoms with Crippen molar-refractivity contribution in [2.75, 3.05) is 12.4 Å². The van der Waals surface area contributed by atoms with Gasteiger partial charge in [0.15, 0.2) is 0 Å². The fraction of sp³-hybridized carbons (Fsp3) is 0.125. The first-order valence-corrected chi connectivity index (χ1v) is 9.64. The number of aliphatic hydroxyl groups excluding tert-OH is 1. The molecule has 3 rings (SSSR count). The van der Waals surface area contributed by atoms with E-state index in [4.69, 9.17) is 10.1 Å². The molecule has 0 spiro atoms. The molecule has 0 aliphatic carbocycles. The highest BCUT2D eigenvalue weighted by atomic mass is 16.5. The van der Waals surface area contributed by atoms with Crippen LogP contribution in [0.4, 0.5) is 5.82 Å². The molecule has 2 aromatic carbocycles. The molecular formula is C24H21N5O3. The van der Waals surface area contributed by atoms with Gasteiger partial charge in [-0.2, -0.15) is 10.2 Å². The number of anilines is 1. The Bertz CT molecular complexity index is 1230. The number of aromatic nitrogens is 2. The van der Waals surface area contributed by atoms with Crippen LogP contribution in [0, 0.1) is 23.7 Å². The van der Waals surface area contributed by atoms with Crippen LogP contribution in [0.15, 0.2) is 67.2 Å². The number of hydrogen-bond donors (Lipinski definition) is 3. The smallest absolute Gasteiger partial charge is 0.233 e. The van der Waals surface area contributed by atoms with Gasteiger partial charge in [-0.25, -0.2) is 0 Å². The summed E-state index contributed by atoms with van der Waals surface area (Å²) in [4.78, 5) is 21.8. The Hall–Kier alpha value is -4.51. The van der Waals surface area contributed by atoms with Crippen LogP contribution in [0.25, 0.3) is 5.57 Å². The van der Waals surface area contributed by atoms with Gasteiger partial charge < -0.3 is 15.2 Å². The van der Waals surface area contributed by atoms with E-state index in [-0.39, 0.29) is 22.8 Å². The summed E-state index contributed by atoms with van der Waals surface area (Å²) in [6, 6.07) is 14.8. The fourth-order valence-electron chi connectivity index (χ4n) is 3.18. The number of carbonyl (C=O) groups is 1. The molecule has 1 heterocycles. The average Bonchev–Trinajstić information content (AvgIpc) is 2.83. The summed E-state index contributed by atoms with van der Waals surface area (Å²) < 4.78 is 5.09. The molecule has 32 heavy (non-hydrogen) atoms. The summed E-state index contributed by atoms with van der Waals surface area (Å²) in [6.07, 6.45) is 3.55. The number of rotatable bonds is 8. The number of Topliss-reactive ketones (excluding diaryl/α,β-unsaturated/α-hetero) is 1. The van der Waals surface area contributed by atoms with Crippen LogP contribution in [-0.2, 0) is 4.79 Å². The molecule has 160 valence electrons. The number of nitrogens with zero attached hydrogens (tertiary/aromatic N) is 3. The summed E-state index contributed by atoms with van der Waals surface area (Å²) in [5, 5.41) is 30.8. The van der Waals surface area contributed by atoms with Crippen LogP contribution >= 0.6 is 0 Å². The van der Waals surface area contributed by atoms with Crippen molar-refractivity contribution in [1.29, 1.82) is 10.7 Å². The van der Waals surface area contributed by atoms with Crippen molar-refractivity contribution in [1.82, 2.24) is 9.97 Å². The van der Waals surface area contributed by atoms with Gasteiger partial charge in [-0.15, -0.1) is 0 Å². The van der Waals surface area contributed by atoms with Gasteiger partial charge in [-0.05, 0) is 18.6 Å². The van der Waals surface area contributed by atoms with Crippen LogP contribution in [0.2, 0.25) is 0 Å². The first kappa shape index (κ1) is 22.2. The van der Waals surface area contributed by atoms with Crippen molar-refractivity contribution in [2.45, 2.75) is 13.0 Å². The summed E-state index contributed by atoms with van der Waals surface area (Å²) in [7, 11) is 1.46. The van der Waals surface area contributed by atoms with Gasteiger partial charge in [0, 0.05) is 11.1 Å². The zero-order chi connectivity index (χ0) is 23.1. The number of ketones is 1. The van der Waals surface area contributed by atoms with Crippen LogP contribution in [0.5, 0.6) is 5.88 Å². The Morgan fingerprint density at radius 1 is 1.25 bits per heavy atom. The standard InChI is InChI=1S/C24H21N5O3/c1-15-6-5-8-16(10-15)23(29-20-12-27-13-21(28-20)32-2)24(31)22(26)19(14-30)18-9-4-3-7-17(18)11-25/h3-10,12-14,23,26,30H,1-2H3,(H,28,29)/b19-14-,26-22?. The van der Waals surface area contributed by atoms with Gasteiger partial charge in [0.25, 0.3) is 0 Å². The molecule has 1 atom stereocenters. The minimum absolute atomic E-state index is 0.0525. The number of carbonyl (C=O) groups excluding carboxylic acids is 1. The highest BCUT2D eigenvalue weighted by Gasteiger charge is 2.28. The molecule has 0 aliphatic rings. The Morgan fingerprint density at radius 2 is 2.03 bits per heavy atom. The zero-order valence-corrected chi connectivity index (χ0v) is 17.5. The highest BCUT2D eigenvalue weighted by molar-refractivity contribution is 6.56. The van der Waals surface area contributed by atoms with E-state index in [1.165, 1.54) is 19.5 Å². The molecular weight excluding hydrogens is 406 g/mol. The van der Waals surface area contributed by atoms with Crippen LogP contribution in [-0.4, -0.2) is 33.7 Å². The largest absolute Gasteiger partial charge is 0.515 e. The second-order valence-electron chi connectivity index (χ2n) is 6.88. The first-order valence-electron chi connectivity index (χ1n) is 9.64. The number of nitriles is 1. The van der Waals surface area contributed by atoms with Crippen molar-refractivity contribution in [3.05, 3.63) is 89.4 Å². The van der Waals surface area contributed by atoms with Gasteiger partial charge in [-0.1, -0.05) is 48.0 Å². The molecule has 0 saturated carbocycles. The maximum absolute atomic E-state index is 13.5. The summed E-state index contributed by atoms with van der Waals surface area (Å²) >= 11 is 0. The number of benzene rings is 2. The SMILES string of the molecule is COc1cncc(NC(C(=O)C(=N)/C(=C\O)c2ccccc2C#N)c2cccc(C)c2)n1. The van der Waals surface area contributed by atoms with Crippen molar-refractivity contribution in [3.8, 4) is 11.9 Å². The highest BCUT2D eigenvalue weighted by Crippen LogP contribution is 2.26. The van der Waals surface area contributed by atoms with Crippen LogP contribution in [0.3, 0.4) is 0 Å². The Morgan fingerprint density at radius 3 is 2.72 bits per heavy atom. The Balaban J connectivity index is 2.02. The number of methoxy groups -OCH3 is 1. The van der Waals surface area contributed by atoms with Crippen LogP contribution < -0.4 is 10.1 Å². The van der Waals surface area contributed by atoms with E-state index in [0.717, 1.165) is 5.56 Å². The Kier molecular flexibility index (Phi) is 6.93. The maximum atomic E-state index is 13.5. The molecule has 3 aromatic rings. The molecule has 8 heteroatoms. The van der Waals surface area contributed by atoms with E-state index in [9.17, 15) is 15.2 Å². The Labute approximate surface area is 185 Å². The third-order valence-electron chi connectivity index (χ3n) is 4.73. The molecule has 0 saturated heterocycles. The van der Waals surface area contributed by atoms with Gasteiger partial charge in [0.1, 0.15) is 17.6 Å². The second kappa shape index (κ2) is 10.00. The van der Waals surface area contributed by atoms with Crippen molar-refractivity contribution < 1.29 is 14.6 Å². The minimum Gasteiger partial charge on any atom is -0.515 e. The lowest BCUT2D eigenvalue weighted by Gasteiger charge is -2.20. The van der Waals surface area contributed by atoms with E-state index < -0.39 is 17.5 Å². The molecule has 8 nitrogen and oxygen atoms in total. The van der Waals surface area contributed by atoms with Gasteiger partial charge in [0.05, 0.1) is 37.4 Å². The third-order valence-corrected chi connectivity index (χ3v) is 4.73. The summed E-state index contributed by atoms with van der Waals surface area (Å²) in [5.74, 6) is -0.0726. The molecule has 1 aromatic heterocycles. The lowest BCUT2D eigenvalue weighted by atomic mass is 9.90. The molecule has 0 amide bonds. The number of ether oxygens (including phenoxy) is 1. The van der Waals surface area contributed by atoms with E-state index in [2.05, 4.69) is 15.3 Å². The summed E-state index contributed by atoms with van der Waals surface area (Å²) in [5.41, 5.74) is 1.56. The number of hydrogen-bond acceptors (Lipinski definition) is 8. The van der Waals surface area contributed by atoms with E-state index in [1.807, 2.05) is 25.1 Å². The van der Waals surface area contributed by atoms with Gasteiger partial charge in [-0.3, -0.25) is 15.2 Å². The normalized spacial score (nSPS) is 11.8. The molecule has 0 bridgehead atoms. The van der Waals surface area contributed by atoms with Crippen molar-refractivity contribution >= 4 is 22.9 Å². The minimum atomic E-state index is -0.993. The van der Waals surface area contributed by atoms with Gasteiger partial charge >= 0.3 is 0 Å². The predicted molar refractivity (Wildman–Crippen MR) is 121 cm³/mol. The number of nitrogens with one attached hydrogen (secondary N) is 2. The third kappa shape index (κ3) is 4.79. The number of aryl methyl sites for hydroxylation is 1. The topological polar surface area (TPSA) is 132 Å². The van der Waals surface area contributed by atoms with E-state index in [1.54, 1.807) is 36.4 Å². The lowest BCUT2D eigenvalue weighted by Crippen LogP contribution is -2.29. The first-order chi connectivity index (χ1) is 15.5. The van der Waals surface area contributed by atoms with Gasteiger partial charge in [0.2, 0.25) is 11.7 Å². The monoisotopic (exact) mass is 427 g/mol. The van der Waals surface area contributed by atoms with Crippen LogP contribution in [0.1, 0.15) is 28.3 Å². The molecule has 0 fully saturated rings. The molecule has 3 N–H and O–H groups in total. The summed E-state index contributed by atoms with van der Waals surface area (Å²) in [6.45, 7) is 1.89. The predicted octanol–water partition coefficient (Wildman–Crippen LogP) is 4.01. The molecule has 1 unspecified atom stereocenters. The molecule has 0 radical (unpaired) electrons. The lowest BCUT2D eigenvalue weighted by molar-refractivity contribution is -0.113.